The van der Waals surface area contributed by atoms with Gasteiger partial charge in [0.1, 0.15) is 29.5 Å². The number of nitrogens with zero attached hydrogens (tertiary/aromatic N) is 2. The van der Waals surface area contributed by atoms with E-state index in [4.69, 9.17) is 14.2 Å². The van der Waals surface area contributed by atoms with Crippen LogP contribution in [0.4, 0.5) is 10.6 Å². The van der Waals surface area contributed by atoms with Gasteiger partial charge in [0, 0.05) is 12.7 Å². The van der Waals surface area contributed by atoms with Crippen LogP contribution in [0, 0.1) is 0 Å². The number of hydrogen-bond acceptors (Lipinski definition) is 8. The van der Waals surface area contributed by atoms with E-state index in [1.807, 2.05) is 54.6 Å². The van der Waals surface area contributed by atoms with Crippen LogP contribution in [0.5, 0.6) is 5.75 Å². The quantitative estimate of drug-likeness (QED) is 0.213. The Morgan fingerprint density at radius 3 is 2.27 bits per heavy atom. The summed E-state index contributed by atoms with van der Waals surface area (Å²) in [6.45, 7) is 8.47. The highest BCUT2D eigenvalue weighted by atomic mass is 16.6. The number of benzene rings is 2. The van der Waals surface area contributed by atoms with E-state index >= 15 is 0 Å². The number of nitrogens with one attached hydrogen (secondary N) is 4. The molecule has 0 spiro atoms. The van der Waals surface area contributed by atoms with Crippen molar-refractivity contribution in [1.82, 2.24) is 25.5 Å². The molecule has 1 heterocycles. The molecule has 4 amide bonds. The molecule has 0 fully saturated rings. The van der Waals surface area contributed by atoms with Crippen LogP contribution in [0.2, 0.25) is 0 Å². The Labute approximate surface area is 263 Å². The first kappa shape index (κ1) is 34.6. The van der Waals surface area contributed by atoms with Crippen molar-refractivity contribution >= 4 is 29.6 Å². The summed E-state index contributed by atoms with van der Waals surface area (Å²) in [6, 6.07) is 15.6. The summed E-state index contributed by atoms with van der Waals surface area (Å²) in [7, 11) is 1.59. The van der Waals surface area contributed by atoms with Gasteiger partial charge in [0.15, 0.2) is 5.82 Å². The number of alkyl carbamates (subject to hydrolysis) is 1. The summed E-state index contributed by atoms with van der Waals surface area (Å²) in [5.74, 6) is -0.574. The Bertz CT molecular complexity index is 1430. The standard InChI is InChI=1S/C32H42N6O7/c1-31(2,3)45-30(42)37-32(4,5)29(41)35-25(20-44-19-23-10-8-7-9-11-23)28(40)36-26-17-38(21-34-26)18-27(39)33-16-22-12-14-24(43-6)15-13-22/h7-15,17,21,25H,16,18-20H2,1-6H3,(H,33,39)(H,35,41)(H,36,40)(H,37,42)/t25-/m1/s1. The van der Waals surface area contributed by atoms with Crippen LogP contribution in [0.15, 0.2) is 67.1 Å². The number of imidazole rings is 1. The van der Waals surface area contributed by atoms with Gasteiger partial charge in [-0.25, -0.2) is 9.78 Å². The van der Waals surface area contributed by atoms with E-state index in [9.17, 15) is 19.2 Å². The maximum absolute atomic E-state index is 13.3. The molecule has 0 aliphatic rings. The highest BCUT2D eigenvalue weighted by Crippen LogP contribution is 2.12. The third-order valence-electron chi connectivity index (χ3n) is 6.26. The first-order valence-corrected chi connectivity index (χ1v) is 14.4. The average Bonchev–Trinajstić information content (AvgIpc) is 3.41. The second-order valence-corrected chi connectivity index (χ2v) is 11.8. The zero-order valence-electron chi connectivity index (χ0n) is 26.5. The summed E-state index contributed by atoms with van der Waals surface area (Å²) >= 11 is 0. The number of carbonyl (C=O) groups excluding carboxylic acids is 4. The molecule has 0 saturated carbocycles. The van der Waals surface area contributed by atoms with Crippen molar-refractivity contribution in [2.24, 2.45) is 0 Å². The fourth-order valence-corrected chi connectivity index (χ4v) is 3.90. The van der Waals surface area contributed by atoms with E-state index in [0.717, 1.165) is 16.9 Å². The number of carbonyl (C=O) groups is 4. The lowest BCUT2D eigenvalue weighted by Gasteiger charge is -2.29. The smallest absolute Gasteiger partial charge is 0.408 e. The van der Waals surface area contributed by atoms with E-state index in [0.29, 0.717) is 6.54 Å². The van der Waals surface area contributed by atoms with Gasteiger partial charge in [-0.1, -0.05) is 42.5 Å². The maximum atomic E-state index is 13.3. The molecular weight excluding hydrogens is 580 g/mol. The number of rotatable bonds is 14. The molecule has 4 N–H and O–H groups in total. The minimum atomic E-state index is -1.42. The molecule has 0 saturated heterocycles. The van der Waals surface area contributed by atoms with Gasteiger partial charge in [0.25, 0.3) is 5.91 Å². The number of amides is 4. The number of hydrogen-bond donors (Lipinski definition) is 4. The highest BCUT2D eigenvalue weighted by molar-refractivity contribution is 5.98. The molecule has 242 valence electrons. The largest absolute Gasteiger partial charge is 0.497 e. The number of methoxy groups -OCH3 is 1. The van der Waals surface area contributed by atoms with Gasteiger partial charge in [-0.3, -0.25) is 14.4 Å². The minimum Gasteiger partial charge on any atom is -0.497 e. The van der Waals surface area contributed by atoms with Crippen LogP contribution in [-0.2, 0) is 43.6 Å². The molecule has 2 aromatic carbocycles. The third-order valence-corrected chi connectivity index (χ3v) is 6.26. The van der Waals surface area contributed by atoms with Gasteiger partial charge in [-0.05, 0) is 57.9 Å². The van der Waals surface area contributed by atoms with Crippen molar-refractivity contribution in [2.75, 3.05) is 19.0 Å². The van der Waals surface area contributed by atoms with Crippen LogP contribution < -0.4 is 26.0 Å². The van der Waals surface area contributed by atoms with Crippen LogP contribution in [0.3, 0.4) is 0 Å². The van der Waals surface area contributed by atoms with E-state index in [1.54, 1.807) is 27.9 Å². The summed E-state index contributed by atoms with van der Waals surface area (Å²) in [5.41, 5.74) is -0.375. The molecule has 1 atom stereocenters. The summed E-state index contributed by atoms with van der Waals surface area (Å²) in [4.78, 5) is 55.5. The first-order chi connectivity index (χ1) is 21.2. The molecule has 3 rings (SSSR count). The zero-order chi connectivity index (χ0) is 33.0. The number of anilines is 1. The predicted molar refractivity (Wildman–Crippen MR) is 167 cm³/mol. The van der Waals surface area contributed by atoms with Gasteiger partial charge in [0.2, 0.25) is 11.8 Å². The van der Waals surface area contributed by atoms with Gasteiger partial charge >= 0.3 is 6.09 Å². The second kappa shape index (κ2) is 15.7. The molecule has 45 heavy (non-hydrogen) atoms. The van der Waals surface area contributed by atoms with Crippen molar-refractivity contribution < 1.29 is 33.4 Å². The summed E-state index contributed by atoms with van der Waals surface area (Å²) in [5, 5.41) is 10.7. The normalized spacial score (nSPS) is 12.0. The topological polar surface area (TPSA) is 162 Å². The lowest BCUT2D eigenvalue weighted by atomic mass is 10.0. The van der Waals surface area contributed by atoms with Gasteiger partial charge in [-0.15, -0.1) is 0 Å². The van der Waals surface area contributed by atoms with E-state index in [1.165, 1.54) is 30.9 Å². The molecule has 1 aromatic heterocycles. The number of ether oxygens (including phenoxy) is 3. The van der Waals surface area contributed by atoms with Crippen molar-refractivity contribution in [3.05, 3.63) is 78.2 Å². The predicted octanol–water partition coefficient (Wildman–Crippen LogP) is 3.15. The highest BCUT2D eigenvalue weighted by Gasteiger charge is 2.34. The summed E-state index contributed by atoms with van der Waals surface area (Å²) < 4.78 is 17.7. The van der Waals surface area contributed by atoms with Gasteiger partial charge in [0.05, 0.1) is 26.7 Å². The molecule has 0 radical (unpaired) electrons. The zero-order valence-corrected chi connectivity index (χ0v) is 26.5. The Balaban J connectivity index is 1.61. The van der Waals surface area contributed by atoms with Gasteiger partial charge < -0.3 is 40.0 Å². The Morgan fingerprint density at radius 1 is 0.933 bits per heavy atom. The Kier molecular flexibility index (Phi) is 12.1. The summed E-state index contributed by atoms with van der Waals surface area (Å²) in [6.07, 6.45) is 2.14. The monoisotopic (exact) mass is 622 g/mol. The van der Waals surface area contributed by atoms with Crippen molar-refractivity contribution in [2.45, 2.75) is 71.5 Å². The van der Waals surface area contributed by atoms with Crippen LogP contribution in [0.1, 0.15) is 45.7 Å². The maximum Gasteiger partial charge on any atom is 0.408 e. The van der Waals surface area contributed by atoms with Gasteiger partial charge in [-0.2, -0.15) is 0 Å². The molecule has 13 heteroatoms. The first-order valence-electron chi connectivity index (χ1n) is 14.4. The lowest BCUT2D eigenvalue weighted by Crippen LogP contribution is -2.59. The molecule has 13 nitrogen and oxygen atoms in total. The van der Waals surface area contributed by atoms with Crippen LogP contribution in [0.25, 0.3) is 0 Å². The fraction of sp³-hybridized carbons (Fsp3) is 0.406. The SMILES string of the molecule is COc1ccc(CNC(=O)Cn2cnc(NC(=O)[C@@H](COCc3ccccc3)NC(=O)C(C)(C)NC(=O)OC(C)(C)C)c2)cc1. The van der Waals surface area contributed by atoms with Crippen LogP contribution in [-0.4, -0.2) is 64.3 Å². The lowest BCUT2D eigenvalue weighted by molar-refractivity contribution is -0.131. The minimum absolute atomic E-state index is 0.0239. The molecule has 0 aliphatic carbocycles. The van der Waals surface area contributed by atoms with Crippen LogP contribution >= 0.6 is 0 Å². The molecule has 3 aromatic rings. The van der Waals surface area contributed by atoms with Crippen molar-refractivity contribution in [3.63, 3.8) is 0 Å². The molecule has 0 unspecified atom stereocenters. The van der Waals surface area contributed by atoms with Crippen molar-refractivity contribution in [3.8, 4) is 5.75 Å². The number of aromatic nitrogens is 2. The molecule has 0 aliphatic heterocycles. The average molecular weight is 623 g/mol. The molecule has 0 bridgehead atoms. The Hall–Kier alpha value is -4.91. The molecular formula is C32H42N6O7. The van der Waals surface area contributed by atoms with E-state index in [2.05, 4.69) is 26.3 Å². The van der Waals surface area contributed by atoms with E-state index < -0.39 is 35.1 Å². The van der Waals surface area contributed by atoms with Crippen molar-refractivity contribution in [1.29, 1.82) is 0 Å². The third kappa shape index (κ3) is 11.9. The second-order valence-electron chi connectivity index (χ2n) is 11.8. The fourth-order valence-electron chi connectivity index (χ4n) is 3.90. The Morgan fingerprint density at radius 2 is 1.62 bits per heavy atom. The van der Waals surface area contributed by atoms with E-state index in [-0.39, 0.29) is 31.5 Å².